The second kappa shape index (κ2) is 7.17. The summed E-state index contributed by atoms with van der Waals surface area (Å²) in [5.41, 5.74) is 3.56. The van der Waals surface area contributed by atoms with E-state index in [0.717, 1.165) is 36.6 Å². The highest BCUT2D eigenvalue weighted by Crippen LogP contribution is 2.52. The first kappa shape index (κ1) is 18.7. The zero-order valence-electron chi connectivity index (χ0n) is 16.5. The third kappa shape index (κ3) is 3.23. The van der Waals surface area contributed by atoms with Gasteiger partial charge in [0, 0.05) is 17.6 Å². The molecule has 1 spiro atoms. The highest BCUT2D eigenvalue weighted by atomic mass is 32.1. The fraction of sp³-hybridized carbons (Fsp3) is 0.435. The quantitative estimate of drug-likeness (QED) is 0.653. The van der Waals surface area contributed by atoms with E-state index in [1.807, 2.05) is 0 Å². The van der Waals surface area contributed by atoms with Gasteiger partial charge >= 0.3 is 0 Å². The summed E-state index contributed by atoms with van der Waals surface area (Å²) in [6.45, 7) is 4.26. The Labute approximate surface area is 176 Å². The lowest BCUT2D eigenvalue weighted by Crippen LogP contribution is -2.50. The van der Waals surface area contributed by atoms with Gasteiger partial charge in [0.2, 0.25) is 0 Å². The number of nitrogens with zero attached hydrogens (tertiary/aromatic N) is 1. The van der Waals surface area contributed by atoms with Crippen molar-refractivity contribution in [3.63, 3.8) is 0 Å². The zero-order valence-corrected chi connectivity index (χ0v) is 17.4. The molecule has 29 heavy (non-hydrogen) atoms. The first-order valence-electron chi connectivity index (χ1n) is 10.3. The first-order chi connectivity index (χ1) is 14.1. The molecule has 152 valence electrons. The fourth-order valence-electron chi connectivity index (χ4n) is 5.08. The number of rotatable bonds is 1. The summed E-state index contributed by atoms with van der Waals surface area (Å²) in [4.78, 5) is 2.28. The van der Waals surface area contributed by atoms with Crippen molar-refractivity contribution >= 4 is 23.0 Å². The molecule has 1 N–H and O–H groups in total. The molecule has 2 aromatic carbocycles. The third-order valence-electron chi connectivity index (χ3n) is 6.59. The van der Waals surface area contributed by atoms with Crippen molar-refractivity contribution in [2.45, 2.75) is 44.1 Å². The Hall–Kier alpha value is -2.34. The van der Waals surface area contributed by atoms with Crippen molar-refractivity contribution in [1.29, 1.82) is 0 Å². The zero-order chi connectivity index (χ0) is 20.0. The van der Waals surface area contributed by atoms with Gasteiger partial charge in [-0.3, -0.25) is 0 Å². The molecular formula is C23H25FN2O2S. The van der Waals surface area contributed by atoms with Crippen LogP contribution in [-0.4, -0.2) is 29.8 Å². The number of hydrogen-bond acceptors (Lipinski definition) is 3. The summed E-state index contributed by atoms with van der Waals surface area (Å²) in [5.74, 6) is 1.45. The Morgan fingerprint density at radius 1 is 1.10 bits per heavy atom. The predicted molar refractivity (Wildman–Crippen MR) is 115 cm³/mol. The van der Waals surface area contributed by atoms with Crippen LogP contribution in [0.1, 0.15) is 49.8 Å². The molecule has 0 radical (unpaired) electrons. The molecule has 5 rings (SSSR count). The van der Waals surface area contributed by atoms with E-state index < -0.39 is 0 Å². The molecule has 2 aromatic rings. The maximum absolute atomic E-state index is 13.3. The van der Waals surface area contributed by atoms with Crippen LogP contribution < -0.4 is 14.8 Å². The minimum atomic E-state index is -0.251. The lowest BCUT2D eigenvalue weighted by Gasteiger charge is -2.47. The van der Waals surface area contributed by atoms with Gasteiger partial charge in [-0.15, -0.1) is 0 Å². The molecule has 6 heteroatoms. The van der Waals surface area contributed by atoms with E-state index in [-0.39, 0.29) is 17.3 Å². The van der Waals surface area contributed by atoms with Crippen LogP contribution in [0, 0.1) is 5.82 Å². The molecule has 2 heterocycles. The minimum Gasteiger partial charge on any atom is -0.486 e. The van der Waals surface area contributed by atoms with E-state index in [4.69, 9.17) is 21.7 Å². The Bertz CT molecular complexity index is 941. The summed E-state index contributed by atoms with van der Waals surface area (Å²) < 4.78 is 25.0. The van der Waals surface area contributed by atoms with Crippen molar-refractivity contribution in [1.82, 2.24) is 4.90 Å². The summed E-state index contributed by atoms with van der Waals surface area (Å²) in [5, 5.41) is 3.98. The Morgan fingerprint density at radius 2 is 1.76 bits per heavy atom. The summed E-state index contributed by atoms with van der Waals surface area (Å²) in [7, 11) is 0. The SMILES string of the molecule is CC1c2cc3c(cc2C2(CCCC2)CN1C(=S)Nc1ccc(F)cc1)OCCO3. The molecule has 0 amide bonds. The lowest BCUT2D eigenvalue weighted by molar-refractivity contribution is 0.167. The van der Waals surface area contributed by atoms with Crippen molar-refractivity contribution in [2.24, 2.45) is 0 Å². The van der Waals surface area contributed by atoms with Crippen molar-refractivity contribution in [3.05, 3.63) is 53.3 Å². The van der Waals surface area contributed by atoms with E-state index in [2.05, 4.69) is 29.3 Å². The molecule has 0 bridgehead atoms. The minimum absolute atomic E-state index is 0.0895. The number of anilines is 1. The number of hydrogen-bond donors (Lipinski definition) is 1. The molecule has 0 saturated heterocycles. The van der Waals surface area contributed by atoms with Crippen LogP contribution in [0.15, 0.2) is 36.4 Å². The number of nitrogens with one attached hydrogen (secondary N) is 1. The molecule has 0 aromatic heterocycles. The average Bonchev–Trinajstić information content (AvgIpc) is 3.21. The monoisotopic (exact) mass is 412 g/mol. The van der Waals surface area contributed by atoms with E-state index in [9.17, 15) is 4.39 Å². The molecule has 3 aliphatic rings. The van der Waals surface area contributed by atoms with Crippen LogP contribution in [0.4, 0.5) is 10.1 Å². The number of ether oxygens (including phenoxy) is 2. The van der Waals surface area contributed by atoms with Crippen LogP contribution in [0.3, 0.4) is 0 Å². The smallest absolute Gasteiger partial charge is 0.173 e. The van der Waals surface area contributed by atoms with Crippen molar-refractivity contribution in [3.8, 4) is 11.5 Å². The average molecular weight is 413 g/mol. The van der Waals surface area contributed by atoms with Gasteiger partial charge in [-0.05, 0) is 79.5 Å². The number of thiocarbonyl (C=S) groups is 1. The van der Waals surface area contributed by atoms with Gasteiger partial charge < -0.3 is 19.7 Å². The van der Waals surface area contributed by atoms with E-state index in [0.29, 0.717) is 18.3 Å². The van der Waals surface area contributed by atoms with E-state index in [1.165, 1.54) is 36.1 Å². The largest absolute Gasteiger partial charge is 0.486 e. The molecule has 1 aliphatic carbocycles. The van der Waals surface area contributed by atoms with E-state index in [1.54, 1.807) is 12.1 Å². The van der Waals surface area contributed by atoms with Crippen molar-refractivity contribution < 1.29 is 13.9 Å². The van der Waals surface area contributed by atoms with Crippen LogP contribution in [0.5, 0.6) is 11.5 Å². The van der Waals surface area contributed by atoms with Gasteiger partial charge in [-0.2, -0.15) is 0 Å². The molecule has 1 atom stereocenters. The predicted octanol–water partition coefficient (Wildman–Crippen LogP) is 5.18. The van der Waals surface area contributed by atoms with Crippen LogP contribution in [-0.2, 0) is 5.41 Å². The summed E-state index contributed by atoms with van der Waals surface area (Å²) in [6, 6.07) is 10.8. The Morgan fingerprint density at radius 3 is 2.45 bits per heavy atom. The maximum Gasteiger partial charge on any atom is 0.173 e. The molecule has 1 unspecified atom stereocenters. The van der Waals surface area contributed by atoms with Gasteiger partial charge in [-0.25, -0.2) is 4.39 Å². The lowest BCUT2D eigenvalue weighted by atomic mass is 9.71. The second-order valence-electron chi connectivity index (χ2n) is 8.31. The molecule has 4 nitrogen and oxygen atoms in total. The highest BCUT2D eigenvalue weighted by molar-refractivity contribution is 7.80. The highest BCUT2D eigenvalue weighted by Gasteiger charge is 2.45. The molecule has 1 fully saturated rings. The third-order valence-corrected chi connectivity index (χ3v) is 6.93. The number of benzene rings is 2. The number of fused-ring (bicyclic) bond motifs is 3. The van der Waals surface area contributed by atoms with Gasteiger partial charge in [0.25, 0.3) is 0 Å². The van der Waals surface area contributed by atoms with Crippen molar-refractivity contribution in [2.75, 3.05) is 25.1 Å². The fourth-order valence-corrected chi connectivity index (χ4v) is 5.42. The van der Waals surface area contributed by atoms with E-state index >= 15 is 0 Å². The normalized spacial score (nSPS) is 21.7. The van der Waals surface area contributed by atoms with Crippen LogP contribution in [0.25, 0.3) is 0 Å². The summed E-state index contributed by atoms with van der Waals surface area (Å²) >= 11 is 5.80. The van der Waals surface area contributed by atoms with Gasteiger partial charge in [0.1, 0.15) is 19.0 Å². The second-order valence-corrected chi connectivity index (χ2v) is 8.70. The molecule has 1 saturated carbocycles. The van der Waals surface area contributed by atoms with Gasteiger partial charge in [0.05, 0.1) is 6.04 Å². The van der Waals surface area contributed by atoms with Gasteiger partial charge in [0.15, 0.2) is 16.6 Å². The van der Waals surface area contributed by atoms with Crippen LogP contribution in [0.2, 0.25) is 0 Å². The number of halogens is 1. The van der Waals surface area contributed by atoms with Gasteiger partial charge in [-0.1, -0.05) is 12.8 Å². The molecule has 2 aliphatic heterocycles. The Balaban J connectivity index is 1.51. The standard InChI is InChI=1S/C23H25FN2O2S/c1-15-18-12-20-21(28-11-10-27-20)13-19(18)23(8-2-3-9-23)14-26(15)22(29)25-17-6-4-16(24)5-7-17/h4-7,12-13,15H,2-3,8-11,14H2,1H3,(H,25,29). The Kier molecular flexibility index (Phi) is 4.62. The van der Waals surface area contributed by atoms with Crippen LogP contribution >= 0.6 is 12.2 Å². The maximum atomic E-state index is 13.3. The molecular weight excluding hydrogens is 387 g/mol. The summed E-state index contributed by atoms with van der Waals surface area (Å²) in [6.07, 6.45) is 4.77. The topological polar surface area (TPSA) is 33.7 Å². The first-order valence-corrected chi connectivity index (χ1v) is 10.7.